The molecule has 8 atom stereocenters. The maximum Gasteiger partial charge on any atom is 0.240 e. The van der Waals surface area contributed by atoms with Gasteiger partial charge in [0.1, 0.15) is 23.7 Å². The Morgan fingerprint density at radius 3 is 2.68 bits per heavy atom. The Hall–Kier alpha value is -1.26. The number of methoxy groups -OCH3 is 1. The number of hydrogen-bond donors (Lipinski definition) is 3. The highest BCUT2D eigenvalue weighted by Gasteiger charge is 2.57. The summed E-state index contributed by atoms with van der Waals surface area (Å²) in [6, 6.07) is 2.02. The van der Waals surface area contributed by atoms with Crippen molar-refractivity contribution in [3.8, 4) is 5.75 Å². The molecule has 34 heavy (non-hydrogen) atoms. The van der Waals surface area contributed by atoms with Gasteiger partial charge in [0.2, 0.25) is 5.91 Å². The third-order valence-corrected chi connectivity index (χ3v) is 9.36. The van der Waals surface area contributed by atoms with E-state index in [0.29, 0.717) is 33.4 Å². The molecule has 9 heteroatoms. The van der Waals surface area contributed by atoms with Crippen molar-refractivity contribution in [3.05, 3.63) is 28.0 Å². The predicted molar refractivity (Wildman–Crippen MR) is 128 cm³/mol. The monoisotopic (exact) mass is 542 g/mol. The Morgan fingerprint density at radius 2 is 2.12 bits per heavy atom. The first-order chi connectivity index (χ1) is 16.0. The van der Waals surface area contributed by atoms with Gasteiger partial charge in [-0.1, -0.05) is 20.8 Å². The molecule has 0 unspecified atom stereocenters. The van der Waals surface area contributed by atoms with Crippen LogP contribution in [0.2, 0.25) is 0 Å². The van der Waals surface area contributed by atoms with Gasteiger partial charge in [0.05, 0.1) is 30.8 Å². The van der Waals surface area contributed by atoms with Crippen molar-refractivity contribution < 1.29 is 29.0 Å². The molecule has 2 bridgehead atoms. The number of fused-ring (bicyclic) bond motifs is 2. The van der Waals surface area contributed by atoms with Gasteiger partial charge in [-0.15, -0.1) is 0 Å². The quantitative estimate of drug-likeness (QED) is 0.489. The molecule has 4 aliphatic rings. The molecule has 1 heterocycles. The minimum Gasteiger partial charge on any atom is -0.495 e. The number of carbonyl (C=O) groups excluding carboxylic acids is 1. The molecular weight excluding hydrogens is 507 g/mol. The number of halogens is 2. The van der Waals surface area contributed by atoms with Crippen LogP contribution in [0.4, 0.5) is 4.39 Å². The molecule has 4 fully saturated rings. The average Bonchev–Trinajstić information content (AvgIpc) is 3.16. The van der Waals surface area contributed by atoms with Crippen molar-refractivity contribution in [3.63, 3.8) is 0 Å². The fraction of sp³-hybridized carbons (Fsp3) is 0.720. The SMILES string of the molecule is COc1c(Br)ccc(F)c1CN1O[C@@H](CO)[C@@H]([C@H](C)O)[C@H]1C(=O)N[C@H]1C[C@@H]2C[C@H]([C@@H]1C)C2(C)C. The van der Waals surface area contributed by atoms with E-state index in [1.165, 1.54) is 24.7 Å². The van der Waals surface area contributed by atoms with Crippen LogP contribution < -0.4 is 10.1 Å². The summed E-state index contributed by atoms with van der Waals surface area (Å²) >= 11 is 3.38. The highest BCUT2D eigenvalue weighted by Crippen LogP contribution is 2.61. The highest BCUT2D eigenvalue weighted by molar-refractivity contribution is 9.10. The molecule has 7 nitrogen and oxygen atoms in total. The van der Waals surface area contributed by atoms with Gasteiger partial charge in [-0.25, -0.2) is 4.39 Å². The fourth-order valence-corrected chi connectivity index (χ4v) is 7.12. The number of aliphatic hydroxyl groups is 2. The minimum atomic E-state index is -0.914. The van der Waals surface area contributed by atoms with Crippen LogP contribution in [0.25, 0.3) is 0 Å². The third kappa shape index (κ3) is 4.28. The number of hydroxylamine groups is 2. The zero-order valence-corrected chi connectivity index (χ0v) is 22.0. The van der Waals surface area contributed by atoms with Crippen molar-refractivity contribution in [2.45, 2.75) is 71.4 Å². The number of nitrogens with zero attached hydrogens (tertiary/aromatic N) is 1. The number of aliphatic hydroxyl groups excluding tert-OH is 2. The van der Waals surface area contributed by atoms with Crippen molar-refractivity contribution in [1.29, 1.82) is 0 Å². The molecule has 3 aliphatic carbocycles. The summed E-state index contributed by atoms with van der Waals surface area (Å²) in [7, 11) is 1.45. The zero-order chi connectivity index (χ0) is 24.9. The molecule has 190 valence electrons. The van der Waals surface area contributed by atoms with E-state index in [1.807, 2.05) is 0 Å². The Bertz CT molecular complexity index is 929. The van der Waals surface area contributed by atoms with Crippen LogP contribution >= 0.6 is 15.9 Å². The largest absolute Gasteiger partial charge is 0.495 e. The first kappa shape index (κ1) is 25.8. The Balaban J connectivity index is 1.60. The lowest BCUT2D eigenvalue weighted by Crippen LogP contribution is -2.62. The lowest BCUT2D eigenvalue weighted by Gasteiger charge is -2.62. The number of carbonyl (C=O) groups is 1. The number of ether oxygens (including phenoxy) is 1. The van der Waals surface area contributed by atoms with Crippen LogP contribution in [0.3, 0.4) is 0 Å². The van der Waals surface area contributed by atoms with Crippen LogP contribution in [0.5, 0.6) is 5.75 Å². The van der Waals surface area contributed by atoms with Crippen molar-refractivity contribution in [1.82, 2.24) is 10.4 Å². The van der Waals surface area contributed by atoms with E-state index in [4.69, 9.17) is 9.57 Å². The number of amides is 1. The Kier molecular flexibility index (Phi) is 7.33. The molecule has 1 aromatic rings. The molecule has 5 rings (SSSR count). The molecule has 1 saturated heterocycles. The van der Waals surface area contributed by atoms with Crippen LogP contribution in [0.15, 0.2) is 16.6 Å². The van der Waals surface area contributed by atoms with Gasteiger partial charge in [0, 0.05) is 17.5 Å². The zero-order valence-electron chi connectivity index (χ0n) is 20.4. The van der Waals surface area contributed by atoms with Crippen LogP contribution in [-0.4, -0.2) is 59.2 Å². The fourth-order valence-electron chi connectivity index (χ4n) is 6.58. The summed E-state index contributed by atoms with van der Waals surface area (Å²) in [6.07, 6.45) is 0.418. The first-order valence-corrected chi connectivity index (χ1v) is 12.8. The van der Waals surface area contributed by atoms with Crippen molar-refractivity contribution in [2.24, 2.45) is 29.1 Å². The average molecular weight is 543 g/mol. The maximum atomic E-state index is 14.8. The number of benzene rings is 1. The van der Waals surface area contributed by atoms with Gasteiger partial charge in [-0.05, 0) is 71.0 Å². The molecule has 1 amide bonds. The van der Waals surface area contributed by atoms with Gasteiger partial charge in [0.25, 0.3) is 0 Å². The van der Waals surface area contributed by atoms with Crippen molar-refractivity contribution in [2.75, 3.05) is 13.7 Å². The molecule has 1 aliphatic heterocycles. The Labute approximate surface area is 209 Å². The molecule has 3 saturated carbocycles. The van der Waals surface area contributed by atoms with E-state index in [2.05, 4.69) is 42.0 Å². The third-order valence-electron chi connectivity index (χ3n) is 8.74. The number of hydrogen-bond acceptors (Lipinski definition) is 6. The number of nitrogens with one attached hydrogen (secondary N) is 1. The van der Waals surface area contributed by atoms with E-state index in [0.717, 1.165) is 6.42 Å². The summed E-state index contributed by atoms with van der Waals surface area (Å²) in [6.45, 7) is 7.95. The van der Waals surface area contributed by atoms with Gasteiger partial charge in [0.15, 0.2) is 0 Å². The molecule has 1 aromatic carbocycles. The second kappa shape index (κ2) is 9.65. The first-order valence-electron chi connectivity index (χ1n) is 12.0. The maximum absolute atomic E-state index is 14.8. The summed E-state index contributed by atoms with van der Waals surface area (Å²) in [5, 5.41) is 25.1. The van der Waals surface area contributed by atoms with Crippen LogP contribution in [0, 0.1) is 34.9 Å². The predicted octanol–water partition coefficient (Wildman–Crippen LogP) is 3.26. The Morgan fingerprint density at radius 1 is 1.41 bits per heavy atom. The van der Waals surface area contributed by atoms with E-state index in [1.54, 1.807) is 13.0 Å². The lowest BCUT2D eigenvalue weighted by atomic mass is 9.45. The number of rotatable bonds is 7. The molecule has 0 spiro atoms. The van der Waals surface area contributed by atoms with E-state index < -0.39 is 30.0 Å². The summed E-state index contributed by atoms with van der Waals surface area (Å²) in [5.74, 6) is 0.348. The lowest BCUT2D eigenvalue weighted by molar-refractivity contribution is -0.183. The molecule has 0 radical (unpaired) electrons. The summed E-state index contributed by atoms with van der Waals surface area (Å²) in [5.41, 5.74) is 0.522. The topological polar surface area (TPSA) is 91.3 Å². The van der Waals surface area contributed by atoms with Gasteiger partial charge >= 0.3 is 0 Å². The minimum absolute atomic E-state index is 0.0334. The second-order valence-electron chi connectivity index (χ2n) is 10.8. The molecule has 3 N–H and O–H groups in total. The van der Waals surface area contributed by atoms with Gasteiger partial charge < -0.3 is 20.3 Å². The smallest absolute Gasteiger partial charge is 0.240 e. The normalized spacial score (nSPS) is 35.5. The second-order valence-corrected chi connectivity index (χ2v) is 11.6. The van der Waals surface area contributed by atoms with Crippen LogP contribution in [0.1, 0.15) is 46.1 Å². The summed E-state index contributed by atoms with van der Waals surface area (Å²) in [4.78, 5) is 19.6. The van der Waals surface area contributed by atoms with Gasteiger partial charge in [-0.2, -0.15) is 5.06 Å². The molecule has 0 aromatic heterocycles. The molecular formula is C25H36BrFN2O5. The highest BCUT2D eigenvalue weighted by atomic mass is 79.9. The standard InChI is InChI=1S/C25H36BrFN2O5/c1-12-16-8-14(25(16,3)4)9-19(12)28-24(32)22-21(13(2)31)20(11-30)34-29(22)10-15-18(27)7-6-17(26)23(15)33-5/h6-7,12-14,16,19-22,30-31H,8-11H2,1-5H3,(H,28,32)/t12-,13-,14-,16+,19-,20-,21+,22-/m0/s1. The summed E-state index contributed by atoms with van der Waals surface area (Å²) < 4.78 is 20.8. The van der Waals surface area contributed by atoms with E-state index in [9.17, 15) is 19.4 Å². The van der Waals surface area contributed by atoms with E-state index >= 15 is 0 Å². The van der Waals surface area contributed by atoms with Crippen molar-refractivity contribution >= 4 is 21.8 Å². The van der Waals surface area contributed by atoms with Crippen LogP contribution in [-0.2, 0) is 16.2 Å². The van der Waals surface area contributed by atoms with Gasteiger partial charge in [-0.3, -0.25) is 9.63 Å². The van der Waals surface area contributed by atoms with E-state index in [-0.39, 0.29) is 30.7 Å².